The van der Waals surface area contributed by atoms with E-state index in [4.69, 9.17) is 19.7 Å². The van der Waals surface area contributed by atoms with Gasteiger partial charge in [0.05, 0.1) is 5.41 Å². The van der Waals surface area contributed by atoms with Gasteiger partial charge in [0, 0.05) is 33.2 Å². The van der Waals surface area contributed by atoms with E-state index in [1.54, 1.807) is 0 Å². The predicted molar refractivity (Wildman–Crippen MR) is 226 cm³/mol. The topological polar surface area (TPSA) is 47.9 Å². The molecule has 0 radical (unpaired) electrons. The molecule has 1 spiro atoms. The Bertz CT molecular complexity index is 2990. The van der Waals surface area contributed by atoms with Crippen molar-refractivity contribution in [1.82, 2.24) is 15.0 Å². The zero-order valence-corrected chi connectivity index (χ0v) is 30.3. The molecule has 9 aromatic rings. The Hall–Kier alpha value is -7.43. The maximum atomic E-state index is 6.92. The van der Waals surface area contributed by atoms with Crippen molar-refractivity contribution < 1.29 is 4.74 Å². The van der Waals surface area contributed by atoms with Crippen molar-refractivity contribution in [2.24, 2.45) is 0 Å². The van der Waals surface area contributed by atoms with Crippen molar-refractivity contribution in [3.05, 3.63) is 221 Å². The molecule has 1 aliphatic heterocycles. The smallest absolute Gasteiger partial charge is 0.164 e. The lowest BCUT2D eigenvalue weighted by atomic mass is 9.62. The third-order valence-corrected chi connectivity index (χ3v) is 11.2. The molecule has 1 aliphatic carbocycles. The Morgan fingerprint density at radius 1 is 0.357 bits per heavy atom. The second-order valence-corrected chi connectivity index (χ2v) is 14.3. The van der Waals surface area contributed by atoms with Gasteiger partial charge in [0.25, 0.3) is 0 Å². The number of fused-ring (bicyclic) bond motifs is 10. The van der Waals surface area contributed by atoms with Crippen LogP contribution >= 0.6 is 0 Å². The Morgan fingerprint density at radius 2 is 0.893 bits per heavy atom. The molecule has 1 aromatic heterocycles. The number of aromatic nitrogens is 3. The summed E-state index contributed by atoms with van der Waals surface area (Å²) in [5.41, 5.74) is 11.2. The molecule has 56 heavy (non-hydrogen) atoms. The van der Waals surface area contributed by atoms with Crippen molar-refractivity contribution in [1.29, 1.82) is 0 Å². The van der Waals surface area contributed by atoms with Crippen LogP contribution in [0.2, 0.25) is 0 Å². The molecule has 0 bridgehead atoms. The van der Waals surface area contributed by atoms with Crippen LogP contribution in [0.5, 0.6) is 11.5 Å². The zero-order chi connectivity index (χ0) is 37.1. The minimum absolute atomic E-state index is 0.611. The largest absolute Gasteiger partial charge is 0.456 e. The zero-order valence-electron chi connectivity index (χ0n) is 30.3. The first-order chi connectivity index (χ1) is 27.7. The van der Waals surface area contributed by atoms with E-state index in [9.17, 15) is 0 Å². The van der Waals surface area contributed by atoms with Crippen molar-refractivity contribution in [2.45, 2.75) is 5.41 Å². The van der Waals surface area contributed by atoms with Gasteiger partial charge in [-0.1, -0.05) is 188 Å². The fraction of sp³-hybridized carbons (Fsp3) is 0.0192. The number of benzene rings is 8. The molecule has 0 fully saturated rings. The van der Waals surface area contributed by atoms with E-state index in [1.807, 2.05) is 24.3 Å². The van der Waals surface area contributed by atoms with Crippen LogP contribution in [-0.2, 0) is 5.41 Å². The third-order valence-electron chi connectivity index (χ3n) is 11.2. The van der Waals surface area contributed by atoms with E-state index in [2.05, 4.69) is 176 Å². The number of para-hydroxylation sites is 1. The van der Waals surface area contributed by atoms with E-state index in [0.29, 0.717) is 17.5 Å². The van der Waals surface area contributed by atoms with Crippen molar-refractivity contribution >= 4 is 22.9 Å². The molecule has 0 N–H and O–H groups in total. The maximum Gasteiger partial charge on any atom is 0.164 e. The molecule has 1 atom stereocenters. The molecular weight excluding hydrogens is 683 g/mol. The van der Waals surface area contributed by atoms with E-state index < -0.39 is 5.41 Å². The molecule has 0 saturated heterocycles. The maximum absolute atomic E-state index is 6.92. The highest BCUT2D eigenvalue weighted by Crippen LogP contribution is 2.59. The van der Waals surface area contributed by atoms with Crippen LogP contribution in [0.3, 0.4) is 0 Å². The number of nitrogens with zero attached hydrogens (tertiary/aromatic N) is 3. The molecule has 11 rings (SSSR count). The summed E-state index contributed by atoms with van der Waals surface area (Å²) in [6, 6.07) is 65.9. The molecule has 8 aromatic carbocycles. The molecule has 0 amide bonds. The normalized spacial score (nSPS) is 14.9. The summed E-state index contributed by atoms with van der Waals surface area (Å²) < 4.78 is 6.92. The number of hydrogen-bond donors (Lipinski definition) is 0. The quantitative estimate of drug-likeness (QED) is 0.182. The van der Waals surface area contributed by atoms with E-state index in [0.717, 1.165) is 72.3 Å². The van der Waals surface area contributed by atoms with Crippen LogP contribution in [-0.4, -0.2) is 15.0 Å². The molecule has 262 valence electrons. The van der Waals surface area contributed by atoms with Gasteiger partial charge in [-0.05, 0) is 50.9 Å². The lowest BCUT2D eigenvalue weighted by Gasteiger charge is -2.42. The Kier molecular flexibility index (Phi) is 7.36. The van der Waals surface area contributed by atoms with Crippen LogP contribution in [0.15, 0.2) is 188 Å². The highest BCUT2D eigenvalue weighted by atomic mass is 16.5. The molecule has 2 heterocycles. The Morgan fingerprint density at radius 3 is 1.66 bits per heavy atom. The fourth-order valence-electron chi connectivity index (χ4n) is 8.62. The molecule has 1 unspecified atom stereocenters. The minimum Gasteiger partial charge on any atom is -0.456 e. The van der Waals surface area contributed by atoms with Gasteiger partial charge in [0.2, 0.25) is 0 Å². The number of ether oxygens (including phenoxy) is 1. The third kappa shape index (κ3) is 5.04. The lowest BCUT2D eigenvalue weighted by Crippen LogP contribution is -2.35. The molecule has 4 heteroatoms. The van der Waals surface area contributed by atoms with Crippen LogP contribution < -0.4 is 4.74 Å². The molecule has 4 nitrogen and oxygen atoms in total. The van der Waals surface area contributed by atoms with Gasteiger partial charge in [-0.2, -0.15) is 0 Å². The monoisotopic (exact) mass is 715 g/mol. The average Bonchev–Trinajstić information content (AvgIpc) is 3.42. The SMILES string of the molecule is C1=Cc2ccc(-c3nc(-c4ccccc4)nc(-c4ccc(-c5ccccc5)cc4)n3)cc2C2(c3ccccc31)c1ccccc1Oc1c2ccc2ccccc12. The summed E-state index contributed by atoms with van der Waals surface area (Å²) >= 11 is 0. The summed E-state index contributed by atoms with van der Waals surface area (Å²) in [5, 5.41) is 2.22. The van der Waals surface area contributed by atoms with Crippen molar-refractivity contribution in [2.75, 3.05) is 0 Å². The van der Waals surface area contributed by atoms with Gasteiger partial charge >= 0.3 is 0 Å². The van der Waals surface area contributed by atoms with E-state index in [-0.39, 0.29) is 0 Å². The second-order valence-electron chi connectivity index (χ2n) is 14.3. The predicted octanol–water partition coefficient (Wildman–Crippen LogP) is 12.7. The van der Waals surface area contributed by atoms with Crippen LogP contribution in [0.4, 0.5) is 0 Å². The summed E-state index contributed by atoms with van der Waals surface area (Å²) in [6.45, 7) is 0. The van der Waals surface area contributed by atoms with Crippen LogP contribution in [0.1, 0.15) is 33.4 Å². The number of hydrogen-bond acceptors (Lipinski definition) is 4. The first kappa shape index (κ1) is 32.0. The van der Waals surface area contributed by atoms with Crippen LogP contribution in [0, 0.1) is 0 Å². The standard InChI is InChI=1S/C52H33N3O/c1-3-13-34(14-4-1)35-23-28-40(29-24-35)50-53-49(39-17-5-2-6-18-39)54-51(55-50)41-30-27-38-26-25-37-16-8-10-20-43(37)52(46(38)33-41)44-21-11-12-22-47(44)56-48-42-19-9-7-15-36(42)31-32-45(48)52/h1-33H. The van der Waals surface area contributed by atoms with Gasteiger partial charge in [-0.25, -0.2) is 15.0 Å². The Labute approximate surface area is 325 Å². The summed E-state index contributed by atoms with van der Waals surface area (Å²) in [7, 11) is 0. The van der Waals surface area contributed by atoms with Crippen LogP contribution in [0.25, 0.3) is 68.2 Å². The average molecular weight is 716 g/mol. The van der Waals surface area contributed by atoms with Gasteiger partial charge in [0.1, 0.15) is 11.5 Å². The van der Waals surface area contributed by atoms with E-state index in [1.165, 1.54) is 11.1 Å². The van der Waals surface area contributed by atoms with E-state index >= 15 is 0 Å². The number of rotatable bonds is 4. The van der Waals surface area contributed by atoms with Gasteiger partial charge < -0.3 is 4.74 Å². The fourth-order valence-corrected chi connectivity index (χ4v) is 8.62. The minimum atomic E-state index is -0.717. The summed E-state index contributed by atoms with van der Waals surface area (Å²) in [4.78, 5) is 15.5. The van der Waals surface area contributed by atoms with Gasteiger partial charge in [-0.3, -0.25) is 0 Å². The molecule has 2 aliphatic rings. The summed E-state index contributed by atoms with van der Waals surface area (Å²) in [5.74, 6) is 3.58. The lowest BCUT2D eigenvalue weighted by molar-refractivity contribution is 0.439. The van der Waals surface area contributed by atoms with Crippen molar-refractivity contribution in [3.63, 3.8) is 0 Å². The summed E-state index contributed by atoms with van der Waals surface area (Å²) in [6.07, 6.45) is 4.49. The Balaban J connectivity index is 1.17. The molecule has 0 saturated carbocycles. The highest BCUT2D eigenvalue weighted by Gasteiger charge is 2.48. The molecular formula is C52H33N3O. The van der Waals surface area contributed by atoms with Gasteiger partial charge in [-0.15, -0.1) is 0 Å². The van der Waals surface area contributed by atoms with Gasteiger partial charge in [0.15, 0.2) is 17.5 Å². The highest BCUT2D eigenvalue weighted by molar-refractivity contribution is 5.94. The first-order valence-corrected chi connectivity index (χ1v) is 18.9. The van der Waals surface area contributed by atoms with Crippen molar-refractivity contribution in [3.8, 4) is 56.8 Å². The first-order valence-electron chi connectivity index (χ1n) is 18.9. The second kappa shape index (κ2) is 12.9.